The Morgan fingerprint density at radius 3 is 2.68 bits per heavy atom. The third kappa shape index (κ3) is 4.28. The van der Waals surface area contributed by atoms with E-state index in [-0.39, 0.29) is 11.8 Å². The first-order chi connectivity index (χ1) is 10.6. The zero-order chi connectivity index (χ0) is 15.9. The smallest absolute Gasteiger partial charge is 0.253 e. The molecule has 1 N–H and O–H groups in total. The fraction of sp³-hybridized carbons (Fsp3) is 0.118. The highest BCUT2D eigenvalue weighted by Crippen LogP contribution is 2.12. The molecule has 0 aliphatic rings. The number of hydrogen-bond acceptors (Lipinski definition) is 3. The molecule has 0 radical (unpaired) electrons. The molecule has 0 fully saturated rings. The summed E-state index contributed by atoms with van der Waals surface area (Å²) in [7, 11) is 3.37. The van der Waals surface area contributed by atoms with Gasteiger partial charge in [-0.15, -0.1) is 0 Å². The van der Waals surface area contributed by atoms with E-state index in [1.165, 1.54) is 11.0 Å². The number of carbonyl (C=O) groups excluding carboxylic acids is 2. The number of nitrogens with one attached hydrogen (secondary N) is 1. The summed E-state index contributed by atoms with van der Waals surface area (Å²) in [6, 6.07) is 10.5. The lowest BCUT2D eigenvalue weighted by Crippen LogP contribution is -2.21. The van der Waals surface area contributed by atoms with Crippen LogP contribution in [-0.4, -0.2) is 35.8 Å². The molecule has 112 valence electrons. The van der Waals surface area contributed by atoms with Gasteiger partial charge in [0.25, 0.3) is 5.91 Å². The minimum Gasteiger partial charge on any atom is -0.345 e. The number of benzene rings is 1. The highest BCUT2D eigenvalue weighted by Gasteiger charge is 2.08. The molecular weight excluding hydrogens is 278 g/mol. The minimum absolute atomic E-state index is 0.109. The molecule has 0 saturated carbocycles. The first kappa shape index (κ1) is 15.4. The van der Waals surface area contributed by atoms with Crippen molar-refractivity contribution in [3.8, 4) is 0 Å². The molecule has 0 saturated heterocycles. The molecule has 5 nitrogen and oxygen atoms in total. The van der Waals surface area contributed by atoms with Gasteiger partial charge in [-0.3, -0.25) is 14.6 Å². The normalized spacial score (nSPS) is 10.5. The summed E-state index contributed by atoms with van der Waals surface area (Å²) in [5.41, 5.74) is 1.95. The van der Waals surface area contributed by atoms with Gasteiger partial charge in [-0.05, 0) is 35.9 Å². The molecule has 22 heavy (non-hydrogen) atoms. The van der Waals surface area contributed by atoms with Crippen LogP contribution in [-0.2, 0) is 4.79 Å². The van der Waals surface area contributed by atoms with Crippen molar-refractivity contribution in [2.24, 2.45) is 0 Å². The molecule has 5 heteroatoms. The third-order valence-corrected chi connectivity index (χ3v) is 2.89. The molecule has 2 amide bonds. The molecule has 0 atom stereocenters. The molecule has 0 unspecified atom stereocenters. The predicted molar refractivity (Wildman–Crippen MR) is 86.4 cm³/mol. The van der Waals surface area contributed by atoms with Gasteiger partial charge in [0, 0.05) is 43.8 Å². The predicted octanol–water partition coefficient (Wildman–Crippen LogP) is 2.44. The maximum atomic E-state index is 11.9. The summed E-state index contributed by atoms with van der Waals surface area (Å²) in [6.07, 6.45) is 6.44. The molecule has 0 aliphatic heterocycles. The van der Waals surface area contributed by atoms with E-state index in [1.807, 2.05) is 6.07 Å². The lowest BCUT2D eigenvalue weighted by molar-refractivity contribution is -0.111. The fourth-order valence-corrected chi connectivity index (χ4v) is 1.82. The Bertz CT molecular complexity index is 694. The molecule has 0 spiro atoms. The van der Waals surface area contributed by atoms with E-state index in [9.17, 15) is 9.59 Å². The van der Waals surface area contributed by atoms with Crippen molar-refractivity contribution < 1.29 is 9.59 Å². The van der Waals surface area contributed by atoms with Crippen LogP contribution in [0.1, 0.15) is 15.9 Å². The van der Waals surface area contributed by atoms with E-state index >= 15 is 0 Å². The Hall–Kier alpha value is -2.95. The SMILES string of the molecule is CN(C)C(=O)c1cccc(NC(=O)/C=C/c2cccnc2)c1. The summed E-state index contributed by atoms with van der Waals surface area (Å²) in [5, 5.41) is 2.73. The van der Waals surface area contributed by atoms with Crippen molar-refractivity contribution in [3.63, 3.8) is 0 Å². The number of pyridine rings is 1. The highest BCUT2D eigenvalue weighted by atomic mass is 16.2. The molecule has 0 bridgehead atoms. The quantitative estimate of drug-likeness (QED) is 0.881. The van der Waals surface area contributed by atoms with Crippen LogP contribution in [0.4, 0.5) is 5.69 Å². The minimum atomic E-state index is -0.265. The van der Waals surface area contributed by atoms with Crippen LogP contribution in [0, 0.1) is 0 Å². The highest BCUT2D eigenvalue weighted by molar-refractivity contribution is 6.03. The lowest BCUT2D eigenvalue weighted by atomic mass is 10.2. The van der Waals surface area contributed by atoms with Crippen molar-refractivity contribution in [2.45, 2.75) is 0 Å². The summed E-state index contributed by atoms with van der Waals surface area (Å²) in [6.45, 7) is 0. The second kappa shape index (κ2) is 7.17. The van der Waals surface area contributed by atoms with Gasteiger partial charge in [-0.25, -0.2) is 0 Å². The van der Waals surface area contributed by atoms with Gasteiger partial charge < -0.3 is 10.2 Å². The van der Waals surface area contributed by atoms with Crippen LogP contribution < -0.4 is 5.32 Å². The van der Waals surface area contributed by atoms with Crippen LogP contribution in [0.2, 0.25) is 0 Å². The van der Waals surface area contributed by atoms with Crippen molar-refractivity contribution in [2.75, 3.05) is 19.4 Å². The number of amides is 2. The molecule has 1 aromatic carbocycles. The second-order valence-electron chi connectivity index (χ2n) is 4.89. The summed E-state index contributed by atoms with van der Waals surface area (Å²) in [4.78, 5) is 29.2. The zero-order valence-electron chi connectivity index (χ0n) is 12.5. The monoisotopic (exact) mass is 295 g/mol. The van der Waals surface area contributed by atoms with Crippen LogP contribution in [0.3, 0.4) is 0 Å². The number of rotatable bonds is 4. The average Bonchev–Trinajstić information content (AvgIpc) is 2.53. The fourth-order valence-electron chi connectivity index (χ4n) is 1.82. The Kier molecular flexibility index (Phi) is 5.03. The summed E-state index contributed by atoms with van der Waals surface area (Å²) < 4.78 is 0. The van der Waals surface area contributed by atoms with E-state index < -0.39 is 0 Å². The van der Waals surface area contributed by atoms with E-state index in [0.717, 1.165) is 5.56 Å². The van der Waals surface area contributed by atoms with Gasteiger partial charge in [0.2, 0.25) is 5.91 Å². The van der Waals surface area contributed by atoms with Crippen molar-refractivity contribution >= 4 is 23.6 Å². The van der Waals surface area contributed by atoms with Gasteiger partial charge >= 0.3 is 0 Å². The number of anilines is 1. The zero-order valence-corrected chi connectivity index (χ0v) is 12.5. The molecule has 2 rings (SSSR count). The van der Waals surface area contributed by atoms with E-state index in [0.29, 0.717) is 11.3 Å². The van der Waals surface area contributed by atoms with Gasteiger partial charge in [-0.2, -0.15) is 0 Å². The van der Waals surface area contributed by atoms with Crippen molar-refractivity contribution in [1.82, 2.24) is 9.88 Å². The maximum Gasteiger partial charge on any atom is 0.253 e. The summed E-state index contributed by atoms with van der Waals surface area (Å²) in [5.74, 6) is -0.375. The standard InChI is InChI=1S/C17H17N3O2/c1-20(2)17(22)14-6-3-7-15(11-14)19-16(21)9-8-13-5-4-10-18-12-13/h3-12H,1-2H3,(H,19,21)/b9-8+. The summed E-state index contributed by atoms with van der Waals surface area (Å²) >= 11 is 0. The van der Waals surface area contributed by atoms with Crippen molar-refractivity contribution in [3.05, 3.63) is 66.0 Å². The van der Waals surface area contributed by atoms with E-state index in [2.05, 4.69) is 10.3 Å². The van der Waals surface area contributed by atoms with Gasteiger partial charge in [-0.1, -0.05) is 12.1 Å². The van der Waals surface area contributed by atoms with Gasteiger partial charge in [0.15, 0.2) is 0 Å². The van der Waals surface area contributed by atoms with Crippen LogP contribution >= 0.6 is 0 Å². The van der Waals surface area contributed by atoms with Crippen molar-refractivity contribution in [1.29, 1.82) is 0 Å². The molecule has 1 aromatic heterocycles. The number of hydrogen-bond donors (Lipinski definition) is 1. The third-order valence-electron chi connectivity index (χ3n) is 2.89. The molecule has 1 heterocycles. The Labute approximate surface area is 129 Å². The van der Waals surface area contributed by atoms with Crippen LogP contribution in [0.15, 0.2) is 54.9 Å². The molecule has 2 aromatic rings. The van der Waals surface area contributed by atoms with Crippen LogP contribution in [0.5, 0.6) is 0 Å². The molecule has 0 aliphatic carbocycles. The Morgan fingerprint density at radius 1 is 1.18 bits per heavy atom. The topological polar surface area (TPSA) is 62.3 Å². The van der Waals surface area contributed by atoms with Gasteiger partial charge in [0.1, 0.15) is 0 Å². The molecular formula is C17H17N3O2. The maximum absolute atomic E-state index is 11.9. The van der Waals surface area contributed by atoms with E-state index in [1.54, 1.807) is 62.9 Å². The average molecular weight is 295 g/mol. The van der Waals surface area contributed by atoms with Crippen LogP contribution in [0.25, 0.3) is 6.08 Å². The second-order valence-corrected chi connectivity index (χ2v) is 4.89. The number of nitrogens with zero attached hydrogens (tertiary/aromatic N) is 2. The number of aromatic nitrogens is 1. The van der Waals surface area contributed by atoms with Gasteiger partial charge in [0.05, 0.1) is 0 Å². The first-order valence-electron chi connectivity index (χ1n) is 6.77. The van der Waals surface area contributed by atoms with E-state index in [4.69, 9.17) is 0 Å². The largest absolute Gasteiger partial charge is 0.345 e. The Balaban J connectivity index is 2.04. The first-order valence-corrected chi connectivity index (χ1v) is 6.77. The lowest BCUT2D eigenvalue weighted by Gasteiger charge is -2.11. The number of carbonyl (C=O) groups is 2. The Morgan fingerprint density at radius 2 is 2.00 bits per heavy atom.